The third kappa shape index (κ3) is 4.06. The lowest BCUT2D eigenvalue weighted by molar-refractivity contribution is -0.118. The number of thiazole rings is 1. The number of ketones is 1. The molecular weight excluding hydrogens is 250 g/mol. The minimum absolute atomic E-state index is 0.298. The first-order valence-corrected chi connectivity index (χ1v) is 7.45. The van der Waals surface area contributed by atoms with Crippen LogP contribution in [0.1, 0.15) is 28.4 Å². The highest BCUT2D eigenvalue weighted by Gasteiger charge is 2.06. The van der Waals surface area contributed by atoms with Gasteiger partial charge in [-0.25, -0.2) is 4.98 Å². The first-order valence-electron chi connectivity index (χ1n) is 5.69. The molecule has 0 unspecified atom stereocenters. The van der Waals surface area contributed by atoms with Crippen LogP contribution >= 0.6 is 22.7 Å². The van der Waals surface area contributed by atoms with Crippen molar-refractivity contribution in [2.75, 3.05) is 0 Å². The smallest absolute Gasteiger partial charge is 0.138 e. The monoisotopic (exact) mass is 265 g/mol. The Hall–Kier alpha value is -1.00. The van der Waals surface area contributed by atoms with Crippen LogP contribution in [0.4, 0.5) is 0 Å². The summed E-state index contributed by atoms with van der Waals surface area (Å²) in [4.78, 5) is 17.4. The molecule has 4 heteroatoms. The summed E-state index contributed by atoms with van der Waals surface area (Å²) in [5, 5.41) is 5.09. The van der Waals surface area contributed by atoms with Gasteiger partial charge < -0.3 is 0 Å². The van der Waals surface area contributed by atoms with Gasteiger partial charge in [-0.05, 0) is 31.2 Å². The number of hydrogen-bond donors (Lipinski definition) is 0. The highest BCUT2D eigenvalue weighted by atomic mass is 32.1. The van der Waals surface area contributed by atoms with Gasteiger partial charge in [-0.1, -0.05) is 6.07 Å². The molecule has 0 aliphatic heterocycles. The number of Topliss-reactive ketones (excluding diaryl/α,β-unsaturated/α-hetero) is 1. The average molecular weight is 265 g/mol. The van der Waals surface area contributed by atoms with Crippen LogP contribution in [0.15, 0.2) is 22.9 Å². The number of rotatable bonds is 6. The van der Waals surface area contributed by atoms with E-state index in [1.165, 1.54) is 4.88 Å². The highest BCUT2D eigenvalue weighted by molar-refractivity contribution is 7.10. The van der Waals surface area contributed by atoms with Gasteiger partial charge >= 0.3 is 0 Å². The summed E-state index contributed by atoms with van der Waals surface area (Å²) < 4.78 is 0. The second-order valence-corrected chi connectivity index (χ2v) is 6.10. The average Bonchev–Trinajstić information content (AvgIpc) is 2.90. The van der Waals surface area contributed by atoms with Gasteiger partial charge in [-0.3, -0.25) is 4.79 Å². The molecule has 90 valence electrons. The van der Waals surface area contributed by atoms with Crippen molar-refractivity contribution in [3.63, 3.8) is 0 Å². The highest BCUT2D eigenvalue weighted by Crippen LogP contribution is 2.13. The molecule has 0 aliphatic carbocycles. The summed E-state index contributed by atoms with van der Waals surface area (Å²) in [5.74, 6) is 0.298. The SMILES string of the molecule is Cc1nc(CC(=O)CCCc2cccs2)cs1. The van der Waals surface area contributed by atoms with E-state index >= 15 is 0 Å². The summed E-state index contributed by atoms with van der Waals surface area (Å²) in [7, 11) is 0. The van der Waals surface area contributed by atoms with Crippen LogP contribution in [0, 0.1) is 6.92 Å². The fourth-order valence-corrected chi connectivity index (χ4v) is 3.06. The Balaban J connectivity index is 1.71. The van der Waals surface area contributed by atoms with Crippen LogP contribution < -0.4 is 0 Å². The molecule has 0 amide bonds. The number of carbonyl (C=O) groups excluding carboxylic acids is 1. The third-order valence-electron chi connectivity index (χ3n) is 2.50. The first kappa shape index (κ1) is 12.5. The minimum Gasteiger partial charge on any atom is -0.299 e. The molecular formula is C13H15NOS2. The second kappa shape index (κ2) is 6.07. The molecule has 2 heterocycles. The zero-order chi connectivity index (χ0) is 12.1. The molecule has 17 heavy (non-hydrogen) atoms. The lowest BCUT2D eigenvalue weighted by Gasteiger charge is -1.98. The fourth-order valence-electron chi connectivity index (χ4n) is 1.69. The molecule has 0 saturated heterocycles. The molecule has 0 N–H and O–H groups in total. The minimum atomic E-state index is 0.298. The van der Waals surface area contributed by atoms with E-state index in [4.69, 9.17) is 0 Å². The molecule has 0 aromatic carbocycles. The maximum atomic E-state index is 11.7. The van der Waals surface area contributed by atoms with Gasteiger partial charge in [-0.2, -0.15) is 0 Å². The number of hydrogen-bond acceptors (Lipinski definition) is 4. The summed E-state index contributed by atoms with van der Waals surface area (Å²) in [5.41, 5.74) is 0.925. The van der Waals surface area contributed by atoms with Crippen molar-refractivity contribution in [2.45, 2.75) is 32.6 Å². The summed E-state index contributed by atoms with van der Waals surface area (Å²) in [6.07, 6.45) is 3.12. The topological polar surface area (TPSA) is 30.0 Å². The molecule has 0 atom stereocenters. The largest absolute Gasteiger partial charge is 0.299 e. The van der Waals surface area contributed by atoms with E-state index in [0.29, 0.717) is 18.6 Å². The van der Waals surface area contributed by atoms with E-state index in [-0.39, 0.29) is 0 Å². The quantitative estimate of drug-likeness (QED) is 0.798. The molecule has 2 aromatic heterocycles. The molecule has 0 aliphatic rings. The standard InChI is InChI=1S/C13H15NOS2/c1-10-14-11(9-17-10)8-12(15)4-2-5-13-6-3-7-16-13/h3,6-7,9H,2,4-5,8H2,1H3. The van der Waals surface area contributed by atoms with Crippen molar-refractivity contribution in [1.29, 1.82) is 0 Å². The molecule has 0 radical (unpaired) electrons. The van der Waals surface area contributed by atoms with Crippen LogP contribution in [0.5, 0.6) is 0 Å². The predicted molar refractivity (Wildman–Crippen MR) is 72.8 cm³/mol. The predicted octanol–water partition coefficient (Wildman–Crippen LogP) is 3.65. The Kier molecular flexibility index (Phi) is 4.45. The van der Waals surface area contributed by atoms with E-state index < -0.39 is 0 Å². The molecule has 2 nitrogen and oxygen atoms in total. The lowest BCUT2D eigenvalue weighted by Crippen LogP contribution is -2.03. The normalized spacial score (nSPS) is 10.6. The van der Waals surface area contributed by atoms with E-state index in [9.17, 15) is 4.79 Å². The molecule has 0 saturated carbocycles. The van der Waals surface area contributed by atoms with Gasteiger partial charge in [0.05, 0.1) is 10.7 Å². The van der Waals surface area contributed by atoms with Gasteiger partial charge in [0.25, 0.3) is 0 Å². The van der Waals surface area contributed by atoms with Gasteiger partial charge in [0.1, 0.15) is 5.78 Å². The zero-order valence-electron chi connectivity index (χ0n) is 9.81. The van der Waals surface area contributed by atoms with E-state index in [1.54, 1.807) is 22.7 Å². The number of aromatic nitrogens is 1. The van der Waals surface area contributed by atoms with Crippen LogP contribution in [0.3, 0.4) is 0 Å². The van der Waals surface area contributed by atoms with E-state index in [2.05, 4.69) is 22.5 Å². The van der Waals surface area contributed by atoms with Crippen molar-refractivity contribution >= 4 is 28.5 Å². The molecule has 0 fully saturated rings. The first-order chi connectivity index (χ1) is 8.24. The number of thiophene rings is 1. The van der Waals surface area contributed by atoms with Gasteiger partial charge in [-0.15, -0.1) is 22.7 Å². The van der Waals surface area contributed by atoms with Crippen molar-refractivity contribution in [3.8, 4) is 0 Å². The van der Waals surface area contributed by atoms with Gasteiger partial charge in [0.15, 0.2) is 0 Å². The molecule has 0 spiro atoms. The van der Waals surface area contributed by atoms with E-state index in [0.717, 1.165) is 23.5 Å². The van der Waals surface area contributed by atoms with Crippen LogP contribution in [-0.4, -0.2) is 10.8 Å². The van der Waals surface area contributed by atoms with Crippen molar-refractivity contribution in [2.24, 2.45) is 0 Å². The Labute approximate surface area is 109 Å². The molecule has 2 rings (SSSR count). The number of nitrogens with zero attached hydrogens (tertiary/aromatic N) is 1. The van der Waals surface area contributed by atoms with Crippen molar-refractivity contribution in [3.05, 3.63) is 38.5 Å². The third-order valence-corrected chi connectivity index (χ3v) is 4.26. The Morgan fingerprint density at radius 2 is 2.29 bits per heavy atom. The number of carbonyl (C=O) groups is 1. The molecule has 2 aromatic rings. The summed E-state index contributed by atoms with van der Waals surface area (Å²) in [6.45, 7) is 1.97. The van der Waals surface area contributed by atoms with Gasteiger partial charge in [0.2, 0.25) is 0 Å². The number of aryl methyl sites for hydroxylation is 2. The Bertz CT molecular complexity index is 473. The van der Waals surface area contributed by atoms with Gasteiger partial charge in [0, 0.05) is 23.1 Å². The molecule has 0 bridgehead atoms. The summed E-state index contributed by atoms with van der Waals surface area (Å²) in [6, 6.07) is 4.18. The van der Waals surface area contributed by atoms with E-state index in [1.807, 2.05) is 12.3 Å². The fraction of sp³-hybridized carbons (Fsp3) is 0.385. The summed E-state index contributed by atoms with van der Waals surface area (Å²) >= 11 is 3.37. The maximum absolute atomic E-state index is 11.7. The van der Waals surface area contributed by atoms with Crippen LogP contribution in [0.2, 0.25) is 0 Å². The van der Waals surface area contributed by atoms with Crippen molar-refractivity contribution in [1.82, 2.24) is 4.98 Å². The maximum Gasteiger partial charge on any atom is 0.138 e. The van der Waals surface area contributed by atoms with Crippen molar-refractivity contribution < 1.29 is 4.79 Å². The van der Waals surface area contributed by atoms with Crippen LogP contribution in [0.25, 0.3) is 0 Å². The lowest BCUT2D eigenvalue weighted by atomic mass is 10.1. The second-order valence-electron chi connectivity index (χ2n) is 4.01. The van der Waals surface area contributed by atoms with Crippen LogP contribution in [-0.2, 0) is 17.6 Å². The Morgan fingerprint density at radius 1 is 1.41 bits per heavy atom. The zero-order valence-corrected chi connectivity index (χ0v) is 11.4. The Morgan fingerprint density at radius 3 is 2.94 bits per heavy atom.